The lowest BCUT2D eigenvalue weighted by molar-refractivity contribution is -0.138. The minimum atomic E-state index is -4.73. The molecule has 1 aliphatic heterocycles. The molecule has 3 aliphatic rings. The highest BCUT2D eigenvalue weighted by molar-refractivity contribution is 6.33. The summed E-state index contributed by atoms with van der Waals surface area (Å²) in [4.78, 5) is 37.0. The van der Waals surface area contributed by atoms with E-state index in [1.807, 2.05) is 4.90 Å². The molecule has 0 N–H and O–H groups in total. The number of amides is 2. The highest BCUT2D eigenvalue weighted by Gasteiger charge is 2.49. The van der Waals surface area contributed by atoms with Gasteiger partial charge in [-0.2, -0.15) is 13.2 Å². The average molecular weight is 493 g/mol. The number of hydrogen-bond acceptors (Lipinski definition) is 4. The summed E-state index contributed by atoms with van der Waals surface area (Å²) in [5, 5.41) is -0.238. The topological polar surface area (TPSA) is 75.7 Å². The molecule has 3 fully saturated rings. The maximum Gasteiger partial charge on any atom is 0.420 e. The predicted molar refractivity (Wildman–Crippen MR) is 115 cm³/mol. The molecule has 4 heterocycles. The van der Waals surface area contributed by atoms with Crippen LogP contribution in [0.3, 0.4) is 0 Å². The normalized spacial score (nSPS) is 24.7. The Hall–Kier alpha value is -3.08. The van der Waals surface area contributed by atoms with Gasteiger partial charge in [0.1, 0.15) is 17.3 Å². The number of nitrogens with zero attached hydrogens (tertiary/aromatic N) is 6. The van der Waals surface area contributed by atoms with Crippen molar-refractivity contribution in [2.24, 2.45) is 11.8 Å². The summed E-state index contributed by atoms with van der Waals surface area (Å²) in [6, 6.07) is 1.16. The highest BCUT2D eigenvalue weighted by atomic mass is 35.5. The van der Waals surface area contributed by atoms with Crippen LogP contribution in [0, 0.1) is 11.8 Å². The zero-order chi connectivity index (χ0) is 23.8. The molecule has 0 aromatic carbocycles. The third-order valence-electron chi connectivity index (χ3n) is 7.16. The third kappa shape index (κ3) is 3.44. The van der Waals surface area contributed by atoms with Crippen LogP contribution in [0.25, 0.3) is 11.3 Å². The maximum atomic E-state index is 13.8. The molecule has 2 saturated carbocycles. The molecule has 3 atom stereocenters. The van der Waals surface area contributed by atoms with E-state index in [9.17, 15) is 22.8 Å². The van der Waals surface area contributed by atoms with E-state index >= 15 is 0 Å². The Bertz CT molecular complexity index is 1290. The van der Waals surface area contributed by atoms with Crippen LogP contribution in [0.5, 0.6) is 0 Å². The van der Waals surface area contributed by atoms with Crippen molar-refractivity contribution in [2.45, 2.75) is 31.5 Å². The smallest absolute Gasteiger partial charge is 0.336 e. The summed E-state index contributed by atoms with van der Waals surface area (Å²) in [5.41, 5.74) is -1.65. The first-order chi connectivity index (χ1) is 16.2. The van der Waals surface area contributed by atoms with Crippen molar-refractivity contribution in [3.05, 3.63) is 47.4 Å². The van der Waals surface area contributed by atoms with Crippen molar-refractivity contribution in [3.8, 4) is 5.69 Å². The lowest BCUT2D eigenvalue weighted by Gasteiger charge is -2.38. The van der Waals surface area contributed by atoms with E-state index in [0.29, 0.717) is 6.54 Å². The number of fused-ring (bicyclic) bond motifs is 2. The Morgan fingerprint density at radius 1 is 1.15 bits per heavy atom. The van der Waals surface area contributed by atoms with Crippen LogP contribution < -0.4 is 0 Å². The van der Waals surface area contributed by atoms with E-state index < -0.39 is 23.3 Å². The van der Waals surface area contributed by atoms with Gasteiger partial charge in [0, 0.05) is 37.7 Å². The molecule has 178 valence electrons. The summed E-state index contributed by atoms with van der Waals surface area (Å²) in [6.07, 6.45) is 4.22. The van der Waals surface area contributed by atoms with Crippen LogP contribution in [0.1, 0.15) is 35.3 Å². The minimum Gasteiger partial charge on any atom is -0.336 e. The number of rotatable bonds is 3. The molecule has 0 spiro atoms. The molecule has 3 aromatic heterocycles. The molecule has 1 unspecified atom stereocenters. The van der Waals surface area contributed by atoms with Gasteiger partial charge >= 0.3 is 6.18 Å². The fourth-order valence-corrected chi connectivity index (χ4v) is 5.59. The number of piperazine rings is 1. The first-order valence-corrected chi connectivity index (χ1v) is 11.4. The van der Waals surface area contributed by atoms with Crippen LogP contribution in [0.4, 0.5) is 13.2 Å². The molecular formula is C22H20ClF3N6O2. The van der Waals surface area contributed by atoms with Crippen molar-refractivity contribution >= 4 is 29.1 Å². The second-order valence-corrected chi connectivity index (χ2v) is 9.58. The Morgan fingerprint density at radius 2 is 1.91 bits per heavy atom. The molecule has 0 bridgehead atoms. The van der Waals surface area contributed by atoms with Gasteiger partial charge in [-0.05, 0) is 37.2 Å². The van der Waals surface area contributed by atoms with E-state index in [1.165, 1.54) is 40.8 Å². The van der Waals surface area contributed by atoms with E-state index in [2.05, 4.69) is 9.97 Å². The largest absolute Gasteiger partial charge is 0.420 e. The van der Waals surface area contributed by atoms with Gasteiger partial charge in [-0.1, -0.05) is 11.6 Å². The molecule has 0 radical (unpaired) electrons. The zero-order valence-electron chi connectivity index (χ0n) is 17.9. The summed E-state index contributed by atoms with van der Waals surface area (Å²) < 4.78 is 44.0. The Morgan fingerprint density at radius 3 is 2.56 bits per heavy atom. The number of hydrogen-bond donors (Lipinski definition) is 0. The molecule has 1 saturated heterocycles. The molecule has 2 amide bonds. The number of aromatic nitrogens is 4. The van der Waals surface area contributed by atoms with Gasteiger partial charge in [-0.3, -0.25) is 14.0 Å². The van der Waals surface area contributed by atoms with Crippen molar-refractivity contribution in [1.82, 2.24) is 28.7 Å². The van der Waals surface area contributed by atoms with Crippen molar-refractivity contribution < 1.29 is 22.8 Å². The Balaban J connectivity index is 1.31. The van der Waals surface area contributed by atoms with Gasteiger partial charge < -0.3 is 14.4 Å². The van der Waals surface area contributed by atoms with Gasteiger partial charge in [0.2, 0.25) is 5.91 Å². The van der Waals surface area contributed by atoms with Gasteiger partial charge in [0.15, 0.2) is 11.3 Å². The van der Waals surface area contributed by atoms with Gasteiger partial charge in [-0.15, -0.1) is 0 Å². The van der Waals surface area contributed by atoms with E-state index in [1.54, 1.807) is 0 Å². The Labute approximate surface area is 196 Å². The summed E-state index contributed by atoms with van der Waals surface area (Å²) in [5.74, 6) is 0.644. The van der Waals surface area contributed by atoms with Crippen molar-refractivity contribution in [2.75, 3.05) is 19.6 Å². The fraction of sp³-hybridized carbons (Fsp3) is 0.455. The van der Waals surface area contributed by atoms with Gasteiger partial charge in [0.25, 0.3) is 5.91 Å². The second-order valence-electron chi connectivity index (χ2n) is 9.22. The molecule has 6 rings (SSSR count). The number of carbonyl (C=O) groups excluding carboxylic acids is 2. The van der Waals surface area contributed by atoms with Crippen LogP contribution in [0.15, 0.2) is 31.0 Å². The van der Waals surface area contributed by atoms with Crippen LogP contribution in [-0.2, 0) is 11.0 Å². The number of alkyl halides is 3. The Kier molecular flexibility index (Phi) is 4.71. The number of pyridine rings is 1. The average Bonchev–Trinajstić information content (AvgIpc) is 3.19. The quantitative estimate of drug-likeness (QED) is 0.562. The molecule has 34 heavy (non-hydrogen) atoms. The first-order valence-electron chi connectivity index (χ1n) is 11.1. The lowest BCUT2D eigenvalue weighted by atomic mass is 10.1. The molecule has 12 heteroatoms. The van der Waals surface area contributed by atoms with E-state index in [0.717, 1.165) is 35.1 Å². The van der Waals surface area contributed by atoms with E-state index in [-0.39, 0.29) is 41.6 Å². The first kappa shape index (κ1) is 21.5. The standard InChI is InChI=1S/C22H20ClF3N6O2/c23-19-18(21(34)29-3-4-31(17(33)10-29)14-6-12-5-13(12)7-14)28-20-16(22(24,25)26)8-15(9-32(19)20)30-2-1-27-11-30/h1-2,8-9,11-14H,3-7,10H2/t12-,13+,14?. The number of carbonyl (C=O) groups is 2. The zero-order valence-corrected chi connectivity index (χ0v) is 18.6. The van der Waals surface area contributed by atoms with Crippen molar-refractivity contribution in [3.63, 3.8) is 0 Å². The van der Waals surface area contributed by atoms with Crippen LogP contribution in [0.2, 0.25) is 5.15 Å². The summed E-state index contributed by atoms with van der Waals surface area (Å²) in [7, 11) is 0. The van der Waals surface area contributed by atoms with Crippen LogP contribution >= 0.6 is 11.6 Å². The van der Waals surface area contributed by atoms with Crippen LogP contribution in [-0.4, -0.2) is 66.2 Å². The monoisotopic (exact) mass is 492 g/mol. The fourth-order valence-electron chi connectivity index (χ4n) is 5.33. The van der Waals surface area contributed by atoms with Gasteiger partial charge in [0.05, 0.1) is 12.0 Å². The molecule has 2 aliphatic carbocycles. The molecular weight excluding hydrogens is 473 g/mol. The number of halogens is 4. The maximum absolute atomic E-state index is 13.8. The minimum absolute atomic E-state index is 0.138. The van der Waals surface area contributed by atoms with Crippen molar-refractivity contribution in [1.29, 1.82) is 0 Å². The van der Waals surface area contributed by atoms with E-state index in [4.69, 9.17) is 11.6 Å². The predicted octanol–water partition coefficient (Wildman–Crippen LogP) is 3.28. The second kappa shape index (κ2) is 7.46. The van der Waals surface area contributed by atoms with Gasteiger partial charge in [-0.25, -0.2) is 9.97 Å². The highest BCUT2D eigenvalue weighted by Crippen LogP contribution is 2.53. The summed E-state index contributed by atoms with van der Waals surface area (Å²) in [6.45, 7) is 0.548. The SMILES string of the molecule is O=C(c1nc2c(C(F)(F)F)cc(-n3ccnc3)cn2c1Cl)N1CCN(C2C[C@@H]3C[C@@H]3C2)C(=O)C1. The molecule has 3 aromatic rings. The summed E-state index contributed by atoms with van der Waals surface area (Å²) >= 11 is 6.38. The third-order valence-corrected chi connectivity index (χ3v) is 7.52. The lowest BCUT2D eigenvalue weighted by Crippen LogP contribution is -2.55. The number of imidazole rings is 2. The molecule has 8 nitrogen and oxygen atoms in total.